The van der Waals surface area contributed by atoms with E-state index in [1.807, 2.05) is 27.8 Å². The summed E-state index contributed by atoms with van der Waals surface area (Å²) in [6, 6.07) is 0. The third-order valence-electron chi connectivity index (χ3n) is 2.69. The smallest absolute Gasteiger partial charge is 0.109 e. The molecule has 0 fully saturated rings. The number of hydrogen-bond acceptors (Lipinski definition) is 2. The van der Waals surface area contributed by atoms with E-state index in [1.54, 1.807) is 0 Å². The van der Waals surface area contributed by atoms with Crippen molar-refractivity contribution in [3.63, 3.8) is 0 Å². The van der Waals surface area contributed by atoms with Crippen molar-refractivity contribution in [1.29, 1.82) is 0 Å². The summed E-state index contributed by atoms with van der Waals surface area (Å²) < 4.78 is 0. The van der Waals surface area contributed by atoms with Crippen LogP contribution in [0.2, 0.25) is 0 Å². The number of aromatic nitrogens is 2. The van der Waals surface area contributed by atoms with E-state index >= 15 is 0 Å². The van der Waals surface area contributed by atoms with Crippen LogP contribution < -0.4 is 16.0 Å². The number of rotatable bonds is 3. The van der Waals surface area contributed by atoms with Gasteiger partial charge in [-0.2, -0.15) is 0 Å². The van der Waals surface area contributed by atoms with Gasteiger partial charge in [-0.1, -0.05) is 47.6 Å². The van der Waals surface area contributed by atoms with E-state index in [9.17, 15) is 0 Å². The van der Waals surface area contributed by atoms with Crippen LogP contribution in [-0.2, 0) is 0 Å². The Morgan fingerprint density at radius 3 is 2.11 bits per heavy atom. The van der Waals surface area contributed by atoms with E-state index in [2.05, 4.69) is 49.1 Å². The van der Waals surface area contributed by atoms with Crippen LogP contribution in [0.4, 0.5) is 0 Å². The van der Waals surface area contributed by atoms with Crippen LogP contribution in [0, 0.1) is 5.92 Å². The SMILES string of the molecule is C/C=c1/[nH]c(C(C)C)n/c1=C(/NC)C(C)C.CC. The van der Waals surface area contributed by atoms with E-state index in [-0.39, 0.29) is 0 Å². The largest absolute Gasteiger partial charge is 0.389 e. The average molecular weight is 251 g/mol. The van der Waals surface area contributed by atoms with E-state index in [0.717, 1.165) is 16.5 Å². The van der Waals surface area contributed by atoms with Gasteiger partial charge in [-0.15, -0.1) is 0 Å². The highest BCUT2D eigenvalue weighted by Gasteiger charge is 2.08. The molecule has 0 amide bonds. The molecule has 0 radical (unpaired) electrons. The summed E-state index contributed by atoms with van der Waals surface area (Å²) in [7, 11) is 1.96. The zero-order valence-electron chi connectivity index (χ0n) is 13.2. The molecule has 104 valence electrons. The van der Waals surface area contributed by atoms with Gasteiger partial charge in [0, 0.05) is 18.7 Å². The third kappa shape index (κ3) is 3.90. The van der Waals surface area contributed by atoms with Crippen molar-refractivity contribution in [3.8, 4) is 0 Å². The lowest BCUT2D eigenvalue weighted by molar-refractivity contribution is 0.772. The first kappa shape index (κ1) is 16.8. The van der Waals surface area contributed by atoms with Gasteiger partial charge in [-0.25, -0.2) is 4.98 Å². The van der Waals surface area contributed by atoms with Gasteiger partial charge in [0.05, 0.1) is 5.35 Å². The zero-order chi connectivity index (χ0) is 14.3. The molecule has 0 aliphatic carbocycles. The van der Waals surface area contributed by atoms with Gasteiger partial charge < -0.3 is 10.3 Å². The quantitative estimate of drug-likeness (QED) is 0.866. The number of aromatic amines is 1. The highest BCUT2D eigenvalue weighted by atomic mass is 14.9. The number of H-pyrrole nitrogens is 1. The summed E-state index contributed by atoms with van der Waals surface area (Å²) in [4.78, 5) is 8.06. The molecule has 0 atom stereocenters. The fourth-order valence-corrected chi connectivity index (χ4v) is 1.77. The molecule has 3 heteroatoms. The monoisotopic (exact) mass is 251 g/mol. The molecule has 0 aromatic carbocycles. The maximum atomic E-state index is 4.69. The molecule has 0 unspecified atom stereocenters. The fourth-order valence-electron chi connectivity index (χ4n) is 1.77. The standard InChI is InChI=1S/C13H23N3.C2H6/c1-7-10-12(11(14-6)8(2)3)16-13(15-10)9(4)5;1-2/h7-9,14H,1-6H3,(H,15,16);1-2H3/b10-7+,12-11+;. The normalized spacial score (nSPS) is 13.6. The number of nitrogens with one attached hydrogen (secondary N) is 2. The van der Waals surface area contributed by atoms with Crippen LogP contribution in [0.3, 0.4) is 0 Å². The molecule has 18 heavy (non-hydrogen) atoms. The van der Waals surface area contributed by atoms with Crippen LogP contribution in [0.25, 0.3) is 11.8 Å². The minimum atomic E-state index is 0.428. The van der Waals surface area contributed by atoms with E-state index in [4.69, 9.17) is 0 Å². The summed E-state index contributed by atoms with van der Waals surface area (Å²) >= 11 is 0. The Hall–Kier alpha value is -1.25. The van der Waals surface area contributed by atoms with Crippen LogP contribution in [0.5, 0.6) is 0 Å². The summed E-state index contributed by atoms with van der Waals surface area (Å²) in [6.45, 7) is 14.7. The van der Waals surface area contributed by atoms with Crippen molar-refractivity contribution in [2.75, 3.05) is 7.05 Å². The second-order valence-corrected chi connectivity index (χ2v) is 4.65. The fraction of sp³-hybridized carbons (Fsp3) is 0.667. The van der Waals surface area contributed by atoms with Crippen LogP contribution in [-0.4, -0.2) is 17.0 Å². The first-order valence-electron chi connectivity index (χ1n) is 6.95. The molecule has 1 heterocycles. The van der Waals surface area contributed by atoms with E-state index in [1.165, 1.54) is 5.70 Å². The number of imidazole rings is 1. The molecule has 1 rings (SSSR count). The first-order valence-corrected chi connectivity index (χ1v) is 6.95. The van der Waals surface area contributed by atoms with Crippen molar-refractivity contribution in [3.05, 3.63) is 16.5 Å². The van der Waals surface area contributed by atoms with Gasteiger partial charge in [-0.3, -0.25) is 0 Å². The summed E-state index contributed by atoms with van der Waals surface area (Å²) in [5.41, 5.74) is 1.19. The number of nitrogens with zero attached hydrogens (tertiary/aromatic N) is 1. The summed E-state index contributed by atoms with van der Waals surface area (Å²) in [5, 5.41) is 5.43. The molecule has 0 spiro atoms. The Morgan fingerprint density at radius 2 is 1.78 bits per heavy atom. The molecule has 0 bridgehead atoms. The van der Waals surface area contributed by atoms with Crippen molar-refractivity contribution >= 4 is 11.8 Å². The van der Waals surface area contributed by atoms with Crippen LogP contribution in [0.15, 0.2) is 0 Å². The highest BCUT2D eigenvalue weighted by molar-refractivity contribution is 5.43. The number of hydrogen-bond donors (Lipinski definition) is 2. The van der Waals surface area contributed by atoms with E-state index in [0.29, 0.717) is 11.8 Å². The molecule has 0 saturated heterocycles. The minimum absolute atomic E-state index is 0.428. The van der Waals surface area contributed by atoms with Gasteiger partial charge in [0.15, 0.2) is 0 Å². The minimum Gasteiger partial charge on any atom is -0.389 e. The zero-order valence-corrected chi connectivity index (χ0v) is 13.2. The summed E-state index contributed by atoms with van der Waals surface area (Å²) in [6.07, 6.45) is 2.08. The van der Waals surface area contributed by atoms with E-state index < -0.39 is 0 Å². The van der Waals surface area contributed by atoms with Gasteiger partial charge in [0.25, 0.3) is 0 Å². The van der Waals surface area contributed by atoms with Crippen molar-refractivity contribution in [2.45, 2.75) is 54.4 Å². The van der Waals surface area contributed by atoms with Gasteiger partial charge in [0.1, 0.15) is 11.2 Å². The summed E-state index contributed by atoms with van der Waals surface area (Å²) in [5.74, 6) is 1.93. The van der Waals surface area contributed by atoms with Crippen molar-refractivity contribution < 1.29 is 0 Å². The predicted octanol–water partition coefficient (Wildman–Crippen LogP) is 2.34. The molecule has 0 aliphatic rings. The lowest BCUT2D eigenvalue weighted by atomic mass is 10.1. The second kappa shape index (κ2) is 7.96. The maximum absolute atomic E-state index is 4.69. The maximum Gasteiger partial charge on any atom is 0.109 e. The van der Waals surface area contributed by atoms with Gasteiger partial charge in [-0.05, 0) is 12.8 Å². The Balaban J connectivity index is 0.00000137. The molecule has 1 aromatic heterocycles. The van der Waals surface area contributed by atoms with Crippen molar-refractivity contribution in [2.24, 2.45) is 5.92 Å². The topological polar surface area (TPSA) is 40.7 Å². The molecule has 1 aromatic rings. The lowest BCUT2D eigenvalue weighted by Gasteiger charge is -2.08. The van der Waals surface area contributed by atoms with Crippen LogP contribution in [0.1, 0.15) is 60.2 Å². The Labute approximate surface area is 111 Å². The molecular formula is C15H29N3. The molecule has 0 aliphatic heterocycles. The average Bonchev–Trinajstić information content (AvgIpc) is 2.76. The molecule has 0 saturated carbocycles. The predicted molar refractivity (Wildman–Crippen MR) is 80.7 cm³/mol. The highest BCUT2D eigenvalue weighted by Crippen LogP contribution is 2.06. The Kier molecular flexibility index (Phi) is 7.41. The van der Waals surface area contributed by atoms with Crippen molar-refractivity contribution in [1.82, 2.24) is 15.3 Å². The second-order valence-electron chi connectivity index (χ2n) is 4.65. The molecular weight excluding hydrogens is 222 g/mol. The first-order chi connectivity index (χ1) is 8.51. The van der Waals surface area contributed by atoms with Gasteiger partial charge >= 0.3 is 0 Å². The van der Waals surface area contributed by atoms with Crippen LogP contribution >= 0.6 is 0 Å². The molecule has 2 N–H and O–H groups in total. The lowest BCUT2D eigenvalue weighted by Crippen LogP contribution is -2.33. The Bertz CT molecular complexity index is 453. The Morgan fingerprint density at radius 1 is 1.22 bits per heavy atom. The molecule has 3 nitrogen and oxygen atoms in total. The third-order valence-corrected chi connectivity index (χ3v) is 2.69. The van der Waals surface area contributed by atoms with Gasteiger partial charge in [0.2, 0.25) is 0 Å².